The van der Waals surface area contributed by atoms with Gasteiger partial charge in [-0.25, -0.2) is 18.4 Å². The number of halogens is 2. The summed E-state index contributed by atoms with van der Waals surface area (Å²) in [6.45, 7) is 2.82. The van der Waals surface area contributed by atoms with E-state index in [1.165, 1.54) is 13.8 Å². The molecule has 0 radical (unpaired) electrons. The predicted molar refractivity (Wildman–Crippen MR) is 64.3 cm³/mol. The zero-order chi connectivity index (χ0) is 14.9. The molecular formula is C13H11F2NO4. The fourth-order valence-corrected chi connectivity index (χ4v) is 1.53. The highest BCUT2D eigenvalue weighted by molar-refractivity contribution is 6.15. The largest absolute Gasteiger partial charge is 0.419 e. The van der Waals surface area contributed by atoms with Crippen LogP contribution in [-0.4, -0.2) is 17.7 Å². The number of carbonyl (C=O) groups excluding carboxylic acids is 2. The maximum Gasteiger partial charge on any atom is 0.350 e. The molecule has 1 saturated heterocycles. The Labute approximate surface area is 113 Å². The number of benzene rings is 1. The van der Waals surface area contributed by atoms with E-state index in [-0.39, 0.29) is 5.69 Å². The molecule has 7 heteroatoms. The molecule has 0 unspecified atom stereocenters. The van der Waals surface area contributed by atoms with Crippen LogP contribution in [0.25, 0.3) is 0 Å². The van der Waals surface area contributed by atoms with Gasteiger partial charge in [-0.15, -0.1) is 0 Å². The van der Waals surface area contributed by atoms with E-state index < -0.39 is 34.9 Å². The Hall–Kier alpha value is -2.44. The molecule has 0 bridgehead atoms. The van der Waals surface area contributed by atoms with Gasteiger partial charge in [0.1, 0.15) is 11.6 Å². The molecule has 1 aliphatic rings. The van der Waals surface area contributed by atoms with E-state index in [1.807, 2.05) is 0 Å². The number of rotatable bonds is 2. The molecule has 5 nitrogen and oxygen atoms in total. The average molecular weight is 283 g/mol. The Balaban J connectivity index is 2.19. The van der Waals surface area contributed by atoms with Gasteiger partial charge in [0, 0.05) is 26.1 Å². The van der Waals surface area contributed by atoms with Gasteiger partial charge in [-0.3, -0.25) is 0 Å². The van der Waals surface area contributed by atoms with Crippen molar-refractivity contribution in [3.63, 3.8) is 0 Å². The van der Waals surface area contributed by atoms with Crippen LogP contribution in [0.2, 0.25) is 0 Å². The van der Waals surface area contributed by atoms with Gasteiger partial charge in [0.25, 0.3) is 5.79 Å². The number of anilines is 1. The molecule has 106 valence electrons. The lowest BCUT2D eigenvalue weighted by Gasteiger charge is -2.29. The third kappa shape index (κ3) is 2.93. The topological polar surface area (TPSA) is 64.6 Å². The van der Waals surface area contributed by atoms with Crippen LogP contribution in [0.1, 0.15) is 13.8 Å². The molecule has 0 saturated carbocycles. The van der Waals surface area contributed by atoms with Crippen molar-refractivity contribution in [1.29, 1.82) is 0 Å². The first-order valence-corrected chi connectivity index (χ1v) is 5.67. The SMILES string of the molecule is CC1(C)OC(=O)C(=CNc2ccc(F)cc2F)C(=O)O1. The smallest absolute Gasteiger partial charge is 0.350 e. The van der Waals surface area contributed by atoms with Crippen LogP contribution in [0.4, 0.5) is 14.5 Å². The fourth-order valence-electron chi connectivity index (χ4n) is 1.53. The standard InChI is InChI=1S/C13H11F2NO4/c1-13(2)19-11(17)8(12(18)20-13)6-16-10-4-3-7(14)5-9(10)15/h3-6,16H,1-2H3. The Morgan fingerprint density at radius 2 is 1.75 bits per heavy atom. The van der Waals surface area contributed by atoms with Gasteiger partial charge in [0.05, 0.1) is 5.69 Å². The second-order valence-electron chi connectivity index (χ2n) is 4.51. The van der Waals surface area contributed by atoms with Gasteiger partial charge in [0.2, 0.25) is 0 Å². The van der Waals surface area contributed by atoms with E-state index in [0.29, 0.717) is 6.07 Å². The van der Waals surface area contributed by atoms with Crippen molar-refractivity contribution < 1.29 is 27.8 Å². The Kier molecular flexibility index (Phi) is 3.44. The van der Waals surface area contributed by atoms with Crippen molar-refractivity contribution in [1.82, 2.24) is 0 Å². The first-order valence-electron chi connectivity index (χ1n) is 5.67. The second kappa shape index (κ2) is 4.92. The molecule has 1 N–H and O–H groups in total. The summed E-state index contributed by atoms with van der Waals surface area (Å²) in [6.07, 6.45) is 0.955. The minimum Gasteiger partial charge on any atom is -0.419 e. The molecule has 2 rings (SSSR count). The van der Waals surface area contributed by atoms with Gasteiger partial charge < -0.3 is 14.8 Å². The number of ether oxygens (including phenoxy) is 2. The van der Waals surface area contributed by atoms with Crippen molar-refractivity contribution in [2.75, 3.05) is 5.32 Å². The van der Waals surface area contributed by atoms with E-state index >= 15 is 0 Å². The van der Waals surface area contributed by atoms with Crippen LogP contribution in [0.5, 0.6) is 0 Å². The summed E-state index contributed by atoms with van der Waals surface area (Å²) >= 11 is 0. The van der Waals surface area contributed by atoms with Crippen LogP contribution < -0.4 is 5.32 Å². The average Bonchev–Trinajstić information content (AvgIpc) is 2.28. The molecule has 0 aliphatic carbocycles. The molecule has 1 aromatic carbocycles. The Bertz CT molecular complexity index is 588. The van der Waals surface area contributed by atoms with Crippen LogP contribution in [0.3, 0.4) is 0 Å². The third-order valence-corrected chi connectivity index (χ3v) is 2.42. The number of hydrogen-bond donors (Lipinski definition) is 1. The quantitative estimate of drug-likeness (QED) is 0.511. The number of hydrogen-bond acceptors (Lipinski definition) is 5. The Morgan fingerprint density at radius 1 is 1.15 bits per heavy atom. The summed E-state index contributed by atoms with van der Waals surface area (Å²) in [7, 11) is 0. The molecule has 1 fully saturated rings. The highest BCUT2D eigenvalue weighted by atomic mass is 19.1. The maximum atomic E-state index is 13.4. The van der Waals surface area contributed by atoms with Crippen molar-refractivity contribution >= 4 is 17.6 Å². The van der Waals surface area contributed by atoms with Crippen molar-refractivity contribution in [3.05, 3.63) is 41.6 Å². The molecule has 1 aliphatic heterocycles. The lowest BCUT2D eigenvalue weighted by molar-refractivity contribution is -0.222. The van der Waals surface area contributed by atoms with Gasteiger partial charge >= 0.3 is 11.9 Å². The third-order valence-electron chi connectivity index (χ3n) is 2.42. The minimum absolute atomic E-state index is 0.0932. The summed E-state index contributed by atoms with van der Waals surface area (Å²) in [4.78, 5) is 23.2. The molecule has 0 atom stereocenters. The van der Waals surface area contributed by atoms with Gasteiger partial charge in [-0.2, -0.15) is 0 Å². The van der Waals surface area contributed by atoms with Crippen LogP contribution in [0.15, 0.2) is 30.0 Å². The zero-order valence-corrected chi connectivity index (χ0v) is 10.7. The summed E-state index contributed by atoms with van der Waals surface area (Å²) in [6, 6.07) is 2.83. The highest BCUT2D eigenvalue weighted by Gasteiger charge is 2.38. The lowest BCUT2D eigenvalue weighted by Crippen LogP contribution is -2.42. The Morgan fingerprint density at radius 3 is 2.30 bits per heavy atom. The van der Waals surface area contributed by atoms with Crippen molar-refractivity contribution in [2.24, 2.45) is 0 Å². The van der Waals surface area contributed by atoms with E-state index in [9.17, 15) is 18.4 Å². The molecular weight excluding hydrogens is 272 g/mol. The number of cyclic esters (lactones) is 2. The van der Waals surface area contributed by atoms with E-state index in [1.54, 1.807) is 0 Å². The molecule has 1 aromatic rings. The molecule has 0 amide bonds. The summed E-state index contributed by atoms with van der Waals surface area (Å²) in [5.41, 5.74) is -0.502. The second-order valence-corrected chi connectivity index (χ2v) is 4.51. The van der Waals surface area contributed by atoms with Crippen molar-refractivity contribution in [2.45, 2.75) is 19.6 Å². The van der Waals surface area contributed by atoms with Crippen LogP contribution in [-0.2, 0) is 19.1 Å². The lowest BCUT2D eigenvalue weighted by atomic mass is 10.2. The fraction of sp³-hybridized carbons (Fsp3) is 0.231. The van der Waals surface area contributed by atoms with E-state index in [0.717, 1.165) is 18.3 Å². The minimum atomic E-state index is -1.34. The normalized spacial score (nSPS) is 17.3. The van der Waals surface area contributed by atoms with Gasteiger partial charge in [-0.1, -0.05) is 0 Å². The molecule has 20 heavy (non-hydrogen) atoms. The zero-order valence-electron chi connectivity index (χ0n) is 10.7. The molecule has 0 aromatic heterocycles. The summed E-state index contributed by atoms with van der Waals surface area (Å²) < 4.78 is 35.8. The van der Waals surface area contributed by atoms with E-state index in [4.69, 9.17) is 9.47 Å². The van der Waals surface area contributed by atoms with Gasteiger partial charge in [-0.05, 0) is 12.1 Å². The van der Waals surface area contributed by atoms with Crippen LogP contribution in [0, 0.1) is 11.6 Å². The summed E-state index contributed by atoms with van der Waals surface area (Å²) in [5, 5.41) is 2.39. The van der Waals surface area contributed by atoms with Gasteiger partial charge in [0.15, 0.2) is 5.57 Å². The predicted octanol–water partition coefficient (Wildman–Crippen LogP) is 2.10. The number of esters is 2. The summed E-state index contributed by atoms with van der Waals surface area (Å²) in [5.74, 6) is -4.71. The van der Waals surface area contributed by atoms with Crippen molar-refractivity contribution in [3.8, 4) is 0 Å². The number of nitrogens with one attached hydrogen (secondary N) is 1. The maximum absolute atomic E-state index is 13.4. The monoisotopic (exact) mass is 283 g/mol. The van der Waals surface area contributed by atoms with Crippen LogP contribution >= 0.6 is 0 Å². The first kappa shape index (κ1) is 14.0. The van der Waals surface area contributed by atoms with E-state index in [2.05, 4.69) is 5.32 Å². The first-order chi connectivity index (χ1) is 9.28. The molecule has 0 spiro atoms. The highest BCUT2D eigenvalue weighted by Crippen LogP contribution is 2.23. The number of carbonyl (C=O) groups is 2. The molecule has 1 heterocycles.